The van der Waals surface area contributed by atoms with Crippen molar-refractivity contribution in [2.75, 3.05) is 0 Å². The quantitative estimate of drug-likeness (QED) is 0.678. The van der Waals surface area contributed by atoms with Crippen LogP contribution in [0, 0.1) is 0 Å². The molecule has 0 bridgehead atoms. The Morgan fingerprint density at radius 1 is 0.923 bits per heavy atom. The van der Waals surface area contributed by atoms with Crippen LogP contribution >= 0.6 is 9.95 Å². The molecule has 70 valence electrons. The minimum absolute atomic E-state index is 1.31. The summed E-state index contributed by atoms with van der Waals surface area (Å²) in [7, 11) is 6.77. The van der Waals surface area contributed by atoms with Crippen LogP contribution in [0.25, 0.3) is 0 Å². The second-order valence-corrected chi connectivity index (χ2v) is 13.7. The van der Waals surface area contributed by atoms with Crippen LogP contribution in [0.1, 0.15) is 19.3 Å². The SMILES string of the molecule is Cl[As+]1(c2ccccc2)CCCCC1. The summed E-state index contributed by atoms with van der Waals surface area (Å²) in [5.74, 6) is 0. The van der Waals surface area contributed by atoms with Gasteiger partial charge in [0.1, 0.15) is 0 Å². The Hall–Kier alpha value is 0.0684. The van der Waals surface area contributed by atoms with E-state index in [0.717, 1.165) is 0 Å². The second-order valence-electron chi connectivity index (χ2n) is 3.71. The molecule has 2 heteroatoms. The summed E-state index contributed by atoms with van der Waals surface area (Å²) in [5, 5.41) is 2.62. The molecule has 0 saturated carbocycles. The standard InChI is InChI=1S/C11H15AsCl/c13-12(9-5-2-6-10-12)11-7-3-1-4-8-11/h1,3-4,7-8H,2,5-6,9-10H2/q+1. The van der Waals surface area contributed by atoms with Crippen LogP contribution in [0.15, 0.2) is 30.3 Å². The van der Waals surface area contributed by atoms with E-state index < -0.39 is 12.6 Å². The maximum atomic E-state index is 6.77. The van der Waals surface area contributed by atoms with Gasteiger partial charge in [0.2, 0.25) is 0 Å². The molecule has 1 aliphatic rings. The van der Waals surface area contributed by atoms with Gasteiger partial charge in [-0.15, -0.1) is 0 Å². The first-order chi connectivity index (χ1) is 6.31. The van der Waals surface area contributed by atoms with E-state index in [4.69, 9.17) is 9.95 Å². The van der Waals surface area contributed by atoms with Crippen molar-refractivity contribution in [2.45, 2.75) is 29.7 Å². The summed E-state index contributed by atoms with van der Waals surface area (Å²) in [6, 6.07) is 10.8. The van der Waals surface area contributed by atoms with E-state index in [1.807, 2.05) is 0 Å². The molecule has 0 N–H and O–H groups in total. The van der Waals surface area contributed by atoms with E-state index in [1.54, 1.807) is 0 Å². The molecule has 2 rings (SSSR count). The number of rotatable bonds is 1. The Kier molecular flexibility index (Phi) is 3.01. The molecule has 1 aromatic rings. The number of halogens is 1. The second kappa shape index (κ2) is 4.07. The monoisotopic (exact) mass is 257 g/mol. The average molecular weight is 258 g/mol. The fourth-order valence-electron chi connectivity index (χ4n) is 1.97. The zero-order valence-electron chi connectivity index (χ0n) is 7.75. The Balaban J connectivity index is 2.23. The minimum atomic E-state index is -1.89. The van der Waals surface area contributed by atoms with Crippen molar-refractivity contribution in [1.29, 1.82) is 0 Å². The Morgan fingerprint density at radius 2 is 1.54 bits per heavy atom. The first kappa shape index (κ1) is 9.62. The van der Waals surface area contributed by atoms with E-state index in [1.165, 1.54) is 34.0 Å². The van der Waals surface area contributed by atoms with E-state index in [-0.39, 0.29) is 0 Å². The summed E-state index contributed by atoms with van der Waals surface area (Å²) in [6.45, 7) is 0. The zero-order chi connectivity index (χ0) is 9.15. The molecule has 0 aromatic heterocycles. The number of hydrogen-bond acceptors (Lipinski definition) is 0. The molecule has 1 saturated heterocycles. The Morgan fingerprint density at radius 3 is 2.15 bits per heavy atom. The van der Waals surface area contributed by atoms with Gasteiger partial charge in [0, 0.05) is 0 Å². The van der Waals surface area contributed by atoms with Gasteiger partial charge < -0.3 is 0 Å². The van der Waals surface area contributed by atoms with Crippen LogP contribution in [0.4, 0.5) is 0 Å². The van der Waals surface area contributed by atoms with Crippen molar-refractivity contribution in [1.82, 2.24) is 0 Å². The van der Waals surface area contributed by atoms with Crippen molar-refractivity contribution in [3.8, 4) is 0 Å². The van der Waals surface area contributed by atoms with Crippen LogP contribution in [0.2, 0.25) is 10.4 Å². The predicted octanol–water partition coefficient (Wildman–Crippen LogP) is 3.26. The summed E-state index contributed by atoms with van der Waals surface area (Å²) < 4.78 is 1.47. The van der Waals surface area contributed by atoms with Gasteiger partial charge in [0.15, 0.2) is 0 Å². The van der Waals surface area contributed by atoms with Crippen molar-refractivity contribution in [3.63, 3.8) is 0 Å². The van der Waals surface area contributed by atoms with Gasteiger partial charge in [-0.2, -0.15) is 0 Å². The van der Waals surface area contributed by atoms with Gasteiger partial charge in [-0.1, -0.05) is 0 Å². The number of benzene rings is 1. The van der Waals surface area contributed by atoms with Crippen LogP contribution < -0.4 is 4.35 Å². The zero-order valence-corrected chi connectivity index (χ0v) is 10.4. The van der Waals surface area contributed by atoms with Gasteiger partial charge in [-0.05, 0) is 0 Å². The van der Waals surface area contributed by atoms with Crippen molar-refractivity contribution >= 4 is 26.9 Å². The third kappa shape index (κ3) is 2.11. The molecule has 0 radical (unpaired) electrons. The first-order valence-electron chi connectivity index (χ1n) is 4.94. The van der Waals surface area contributed by atoms with Gasteiger partial charge in [0.05, 0.1) is 0 Å². The molecule has 1 aromatic carbocycles. The Labute approximate surface area is 86.9 Å². The fourth-order valence-corrected chi connectivity index (χ4v) is 9.87. The maximum absolute atomic E-state index is 6.77. The molecule has 0 spiro atoms. The van der Waals surface area contributed by atoms with Gasteiger partial charge in [-0.3, -0.25) is 0 Å². The fraction of sp³-hybridized carbons (Fsp3) is 0.455. The van der Waals surface area contributed by atoms with Crippen molar-refractivity contribution < 1.29 is 0 Å². The van der Waals surface area contributed by atoms with Gasteiger partial charge in [0.25, 0.3) is 0 Å². The van der Waals surface area contributed by atoms with E-state index in [0.29, 0.717) is 0 Å². The molecular formula is C11H15AsCl+. The van der Waals surface area contributed by atoms with E-state index in [9.17, 15) is 0 Å². The molecule has 1 heterocycles. The van der Waals surface area contributed by atoms with Crippen LogP contribution in [-0.2, 0) is 0 Å². The third-order valence-corrected chi connectivity index (χ3v) is 12.4. The molecular weight excluding hydrogens is 242 g/mol. The molecule has 1 aliphatic heterocycles. The van der Waals surface area contributed by atoms with Crippen LogP contribution in [0.3, 0.4) is 0 Å². The third-order valence-electron chi connectivity index (χ3n) is 2.74. The van der Waals surface area contributed by atoms with Crippen molar-refractivity contribution in [3.05, 3.63) is 30.3 Å². The normalized spacial score (nSPS) is 21.3. The van der Waals surface area contributed by atoms with Gasteiger partial charge in [-0.25, -0.2) is 0 Å². The van der Waals surface area contributed by atoms with Crippen molar-refractivity contribution in [2.24, 2.45) is 0 Å². The Bertz CT molecular complexity index is 265. The number of hydrogen-bond donors (Lipinski definition) is 0. The summed E-state index contributed by atoms with van der Waals surface area (Å²) in [6.07, 6.45) is 4.10. The molecule has 0 atom stereocenters. The summed E-state index contributed by atoms with van der Waals surface area (Å²) in [4.78, 5) is 0. The summed E-state index contributed by atoms with van der Waals surface area (Å²) >= 11 is -1.89. The molecule has 0 amide bonds. The molecule has 0 nitrogen and oxygen atoms in total. The first-order valence-corrected chi connectivity index (χ1v) is 11.0. The molecule has 13 heavy (non-hydrogen) atoms. The molecule has 1 fully saturated rings. The summed E-state index contributed by atoms with van der Waals surface area (Å²) in [5.41, 5.74) is 0. The predicted molar refractivity (Wildman–Crippen MR) is 61.1 cm³/mol. The van der Waals surface area contributed by atoms with Crippen LogP contribution in [-0.4, -0.2) is 12.6 Å². The van der Waals surface area contributed by atoms with E-state index in [2.05, 4.69) is 30.3 Å². The van der Waals surface area contributed by atoms with Crippen LogP contribution in [0.5, 0.6) is 0 Å². The molecule has 0 aliphatic carbocycles. The topological polar surface area (TPSA) is 0 Å². The van der Waals surface area contributed by atoms with Gasteiger partial charge >= 0.3 is 86.9 Å². The van der Waals surface area contributed by atoms with E-state index >= 15 is 0 Å². The molecule has 0 unspecified atom stereocenters. The average Bonchev–Trinajstić information content (AvgIpc) is 2.20.